The second-order valence-electron chi connectivity index (χ2n) is 7.82. The lowest BCUT2D eigenvalue weighted by atomic mass is 9.87. The number of nitrogens with two attached hydrogens (primary N) is 1. The third-order valence-electron chi connectivity index (χ3n) is 5.22. The first-order chi connectivity index (χ1) is 14.3. The van der Waals surface area contributed by atoms with Gasteiger partial charge in [-0.1, -0.05) is 23.6 Å². The van der Waals surface area contributed by atoms with Crippen LogP contribution in [0.25, 0.3) is 10.4 Å². The summed E-state index contributed by atoms with van der Waals surface area (Å²) < 4.78 is 53.9. The molecule has 2 amide bonds. The van der Waals surface area contributed by atoms with Gasteiger partial charge in [-0.05, 0) is 38.5 Å². The smallest absolute Gasteiger partial charge is 0.392 e. The zero-order valence-corrected chi connectivity index (χ0v) is 18.6. The van der Waals surface area contributed by atoms with E-state index in [1.807, 2.05) is 0 Å². The Bertz CT molecular complexity index is 1010. The van der Waals surface area contributed by atoms with Gasteiger partial charge >= 0.3 is 12.2 Å². The maximum Gasteiger partial charge on any atom is 0.399 e. The van der Waals surface area contributed by atoms with E-state index in [1.54, 1.807) is 13.0 Å². The first-order valence-electron chi connectivity index (χ1n) is 9.33. The Kier molecular flexibility index (Phi) is 6.25. The van der Waals surface area contributed by atoms with Crippen molar-refractivity contribution in [2.75, 3.05) is 11.9 Å². The fourth-order valence-electron chi connectivity index (χ4n) is 3.22. The molecule has 0 spiro atoms. The number of nitrogens with zero attached hydrogens (tertiary/aromatic N) is 3. The minimum atomic E-state index is -4.47. The molecule has 1 aliphatic rings. The molecule has 0 unspecified atom stereocenters. The number of anilines is 1. The standard InChI is InChI=1S/C19H21F4N5OS2/c1-9-14(10-4-5-25-13(6-10)18(2,3)19(21,22)23)31-16(26-9)27-17(29)28-8-11(20)7-12(28)15(24)30/h4-6,11-12H,7-8H2,1-3H3,(H2,24,30)(H,26,27,29)/t11-,12-/m0/s1. The number of hydrogen-bond donors (Lipinski definition) is 2. The van der Waals surface area contributed by atoms with E-state index in [0.717, 1.165) is 25.2 Å². The lowest BCUT2D eigenvalue weighted by molar-refractivity contribution is -0.181. The Morgan fingerprint density at radius 3 is 2.68 bits per heavy atom. The molecule has 6 nitrogen and oxygen atoms in total. The zero-order valence-electron chi connectivity index (χ0n) is 17.0. The molecule has 0 radical (unpaired) electrons. The molecule has 1 saturated heterocycles. The van der Waals surface area contributed by atoms with Crippen molar-refractivity contribution in [1.82, 2.24) is 14.9 Å². The fraction of sp³-hybridized carbons (Fsp3) is 0.474. The number of urea groups is 1. The Balaban J connectivity index is 1.84. The Morgan fingerprint density at radius 2 is 2.06 bits per heavy atom. The summed E-state index contributed by atoms with van der Waals surface area (Å²) >= 11 is 6.02. The predicted molar refractivity (Wildman–Crippen MR) is 115 cm³/mol. The fourth-order valence-corrected chi connectivity index (χ4v) is 4.39. The average Bonchev–Trinajstić information content (AvgIpc) is 3.23. The third-order valence-corrected chi connectivity index (χ3v) is 6.61. The van der Waals surface area contributed by atoms with E-state index in [4.69, 9.17) is 18.0 Å². The van der Waals surface area contributed by atoms with Crippen molar-refractivity contribution in [3.05, 3.63) is 29.7 Å². The third kappa shape index (κ3) is 4.64. The number of thiocarbonyl (C=S) groups is 1. The SMILES string of the molecule is Cc1nc(NC(=O)N2C[C@@H](F)C[C@H]2C(N)=S)sc1-c1ccnc(C(C)(C)C(F)(F)F)c1. The van der Waals surface area contributed by atoms with Crippen molar-refractivity contribution in [2.45, 2.75) is 51.0 Å². The van der Waals surface area contributed by atoms with E-state index in [2.05, 4.69) is 15.3 Å². The van der Waals surface area contributed by atoms with E-state index >= 15 is 0 Å². The zero-order chi connectivity index (χ0) is 23.1. The highest BCUT2D eigenvalue weighted by atomic mass is 32.1. The van der Waals surface area contributed by atoms with Crippen molar-refractivity contribution in [2.24, 2.45) is 5.73 Å². The Labute approximate surface area is 185 Å². The van der Waals surface area contributed by atoms with Gasteiger partial charge in [0, 0.05) is 12.6 Å². The monoisotopic (exact) mass is 475 g/mol. The van der Waals surface area contributed by atoms with Gasteiger partial charge < -0.3 is 10.6 Å². The number of amides is 2. The number of nitrogens with one attached hydrogen (secondary N) is 1. The first-order valence-corrected chi connectivity index (χ1v) is 10.6. The highest BCUT2D eigenvalue weighted by Gasteiger charge is 2.49. The highest BCUT2D eigenvalue weighted by molar-refractivity contribution is 7.80. The van der Waals surface area contributed by atoms with Crippen LogP contribution in [-0.2, 0) is 5.41 Å². The number of alkyl halides is 4. The minimum absolute atomic E-state index is 0.0305. The summed E-state index contributed by atoms with van der Waals surface area (Å²) in [6, 6.07) is 1.68. The lowest BCUT2D eigenvalue weighted by Gasteiger charge is -2.27. The number of aromatic nitrogens is 2. The molecule has 1 aliphatic heterocycles. The summed E-state index contributed by atoms with van der Waals surface area (Å²) in [5.41, 5.74) is 4.38. The summed E-state index contributed by atoms with van der Waals surface area (Å²) in [6.07, 6.45) is -4.34. The van der Waals surface area contributed by atoms with Crippen molar-refractivity contribution in [3.63, 3.8) is 0 Å². The quantitative estimate of drug-likeness (QED) is 0.499. The number of pyridine rings is 1. The number of carbonyl (C=O) groups excluding carboxylic acids is 1. The van der Waals surface area contributed by atoms with Gasteiger partial charge in [0.2, 0.25) is 0 Å². The number of carbonyl (C=O) groups is 1. The second-order valence-corrected chi connectivity index (χ2v) is 9.29. The van der Waals surface area contributed by atoms with Gasteiger partial charge in [-0.2, -0.15) is 13.2 Å². The van der Waals surface area contributed by atoms with Crippen LogP contribution >= 0.6 is 23.6 Å². The number of hydrogen-bond acceptors (Lipinski definition) is 5. The van der Waals surface area contributed by atoms with E-state index in [9.17, 15) is 22.4 Å². The number of aryl methyl sites for hydroxylation is 1. The summed E-state index contributed by atoms with van der Waals surface area (Å²) in [5, 5.41) is 2.84. The number of rotatable bonds is 4. The molecule has 3 heterocycles. The molecule has 1 fully saturated rings. The second kappa shape index (κ2) is 8.30. The molecule has 3 N–H and O–H groups in total. The molecule has 0 saturated carbocycles. The van der Waals surface area contributed by atoms with Crippen LogP contribution in [0.5, 0.6) is 0 Å². The number of thiazole rings is 1. The van der Waals surface area contributed by atoms with Crippen LogP contribution in [0.15, 0.2) is 18.3 Å². The molecule has 12 heteroatoms. The Hall–Kier alpha value is -2.34. The van der Waals surface area contributed by atoms with E-state index in [1.165, 1.54) is 17.2 Å². The van der Waals surface area contributed by atoms with Crippen molar-refractivity contribution in [3.8, 4) is 10.4 Å². The van der Waals surface area contributed by atoms with E-state index in [-0.39, 0.29) is 28.8 Å². The van der Waals surface area contributed by atoms with Crippen LogP contribution < -0.4 is 11.1 Å². The largest absolute Gasteiger partial charge is 0.399 e. The van der Waals surface area contributed by atoms with Crippen LogP contribution in [0.4, 0.5) is 27.5 Å². The Morgan fingerprint density at radius 1 is 1.39 bits per heavy atom. The minimum Gasteiger partial charge on any atom is -0.392 e. The van der Waals surface area contributed by atoms with Gasteiger partial charge in [0.15, 0.2) is 5.13 Å². The summed E-state index contributed by atoms with van der Waals surface area (Å²) in [6.45, 7) is 3.68. The van der Waals surface area contributed by atoms with Gasteiger partial charge in [0.05, 0.1) is 33.8 Å². The summed E-state index contributed by atoms with van der Waals surface area (Å²) in [4.78, 5) is 22.6. The number of halogens is 4. The molecule has 168 valence electrons. The maximum absolute atomic E-state index is 13.8. The maximum atomic E-state index is 13.8. The van der Waals surface area contributed by atoms with E-state index < -0.39 is 29.8 Å². The molecule has 2 atom stereocenters. The van der Waals surface area contributed by atoms with Gasteiger partial charge in [-0.15, -0.1) is 0 Å². The van der Waals surface area contributed by atoms with Crippen LogP contribution in [0.2, 0.25) is 0 Å². The molecular weight excluding hydrogens is 454 g/mol. The van der Waals surface area contributed by atoms with Crippen LogP contribution in [-0.4, -0.2) is 50.8 Å². The van der Waals surface area contributed by atoms with Crippen LogP contribution in [0.1, 0.15) is 31.7 Å². The topological polar surface area (TPSA) is 84.1 Å². The van der Waals surface area contributed by atoms with Gasteiger partial charge in [-0.3, -0.25) is 10.3 Å². The van der Waals surface area contributed by atoms with Crippen molar-refractivity contribution < 1.29 is 22.4 Å². The van der Waals surface area contributed by atoms with Crippen molar-refractivity contribution in [1.29, 1.82) is 0 Å². The lowest BCUT2D eigenvalue weighted by Crippen LogP contribution is -2.44. The van der Waals surface area contributed by atoms with E-state index in [0.29, 0.717) is 16.1 Å². The molecule has 0 bridgehead atoms. The van der Waals surface area contributed by atoms with Crippen molar-refractivity contribution >= 4 is 39.7 Å². The summed E-state index contributed by atoms with van der Waals surface area (Å²) in [7, 11) is 0. The van der Waals surface area contributed by atoms with Gasteiger partial charge in [0.1, 0.15) is 11.6 Å². The molecule has 2 aromatic heterocycles. The normalized spacial score (nSPS) is 19.5. The first kappa shape index (κ1) is 23.3. The van der Waals surface area contributed by atoms with Crippen LogP contribution in [0.3, 0.4) is 0 Å². The number of likely N-dealkylation sites (tertiary alicyclic amines) is 1. The highest BCUT2D eigenvalue weighted by Crippen LogP contribution is 2.41. The molecule has 3 rings (SSSR count). The molecule has 31 heavy (non-hydrogen) atoms. The predicted octanol–water partition coefficient (Wildman–Crippen LogP) is 4.58. The van der Waals surface area contributed by atoms with Crippen LogP contribution in [0, 0.1) is 6.92 Å². The average molecular weight is 476 g/mol. The van der Waals surface area contributed by atoms with Gasteiger partial charge in [0.25, 0.3) is 0 Å². The van der Waals surface area contributed by atoms with Gasteiger partial charge in [-0.25, -0.2) is 14.2 Å². The molecule has 0 aliphatic carbocycles. The molecular formula is C19H21F4N5OS2. The molecule has 0 aromatic carbocycles. The molecule has 2 aromatic rings. The summed E-state index contributed by atoms with van der Waals surface area (Å²) in [5.74, 6) is 0.